The van der Waals surface area contributed by atoms with Crippen molar-refractivity contribution in [2.24, 2.45) is 5.73 Å². The number of urea groups is 1. The first-order valence-electron chi connectivity index (χ1n) is 5.51. The van der Waals surface area contributed by atoms with Crippen LogP contribution in [-0.4, -0.2) is 29.1 Å². The summed E-state index contributed by atoms with van der Waals surface area (Å²) < 4.78 is 0. The van der Waals surface area contributed by atoms with E-state index in [1.165, 1.54) is 18.3 Å². The van der Waals surface area contributed by atoms with Gasteiger partial charge in [0.2, 0.25) is 5.91 Å². The van der Waals surface area contributed by atoms with E-state index in [-0.39, 0.29) is 6.42 Å². The molecule has 0 fully saturated rings. The number of rotatable bonds is 6. The van der Waals surface area contributed by atoms with Crippen molar-refractivity contribution in [3.05, 3.63) is 22.4 Å². The number of aliphatic carboxylic acids is 1. The van der Waals surface area contributed by atoms with E-state index in [9.17, 15) is 14.4 Å². The molecule has 0 aromatic carbocycles. The smallest absolute Gasteiger partial charge is 0.325 e. The van der Waals surface area contributed by atoms with E-state index >= 15 is 0 Å². The molecule has 2 unspecified atom stereocenters. The van der Waals surface area contributed by atoms with E-state index in [4.69, 9.17) is 10.8 Å². The minimum Gasteiger partial charge on any atom is -0.480 e. The first-order valence-corrected chi connectivity index (χ1v) is 6.39. The minimum atomic E-state index is -1.12. The standard InChI is InChI=1S/C11H15N3O4S/c1-6(10(16)17)13-9(15)5-7(14-11(12)18)8-3-2-4-19-8/h2-4,6-7H,5H2,1H3,(H,13,15)(H,16,17)(H3,12,14,18). The molecule has 8 heteroatoms. The highest BCUT2D eigenvalue weighted by Gasteiger charge is 2.21. The molecular formula is C11H15N3O4S. The molecule has 19 heavy (non-hydrogen) atoms. The summed E-state index contributed by atoms with van der Waals surface area (Å²) >= 11 is 1.37. The molecule has 0 saturated heterocycles. The molecule has 0 spiro atoms. The van der Waals surface area contributed by atoms with Crippen molar-refractivity contribution in [1.82, 2.24) is 10.6 Å². The zero-order chi connectivity index (χ0) is 14.4. The van der Waals surface area contributed by atoms with Crippen LogP contribution >= 0.6 is 11.3 Å². The summed E-state index contributed by atoms with van der Waals surface area (Å²) in [6.45, 7) is 1.36. The Kier molecular flexibility index (Phi) is 5.31. The minimum absolute atomic E-state index is 0.0684. The van der Waals surface area contributed by atoms with Gasteiger partial charge in [-0.3, -0.25) is 9.59 Å². The third-order valence-electron chi connectivity index (χ3n) is 2.34. The van der Waals surface area contributed by atoms with Gasteiger partial charge in [0, 0.05) is 4.88 Å². The van der Waals surface area contributed by atoms with Crippen molar-refractivity contribution in [3.8, 4) is 0 Å². The molecule has 2 atom stereocenters. The molecule has 0 aliphatic carbocycles. The van der Waals surface area contributed by atoms with E-state index in [1.54, 1.807) is 12.1 Å². The van der Waals surface area contributed by atoms with Crippen molar-refractivity contribution in [3.63, 3.8) is 0 Å². The second-order valence-electron chi connectivity index (χ2n) is 3.91. The molecule has 1 rings (SSSR count). The molecular weight excluding hydrogens is 270 g/mol. The van der Waals surface area contributed by atoms with Gasteiger partial charge in [0.05, 0.1) is 12.5 Å². The van der Waals surface area contributed by atoms with E-state index in [0.29, 0.717) is 0 Å². The molecule has 1 heterocycles. The van der Waals surface area contributed by atoms with Gasteiger partial charge < -0.3 is 21.5 Å². The zero-order valence-corrected chi connectivity index (χ0v) is 11.1. The Labute approximate surface area is 113 Å². The number of amides is 3. The van der Waals surface area contributed by atoms with Gasteiger partial charge in [-0.15, -0.1) is 11.3 Å². The van der Waals surface area contributed by atoms with Crippen LogP contribution in [0.5, 0.6) is 0 Å². The topological polar surface area (TPSA) is 122 Å². The maximum Gasteiger partial charge on any atom is 0.325 e. The maximum atomic E-state index is 11.7. The predicted octanol–water partition coefficient (Wildman–Crippen LogP) is 0.437. The molecule has 0 aliphatic heterocycles. The van der Waals surface area contributed by atoms with Gasteiger partial charge in [0.15, 0.2) is 0 Å². The van der Waals surface area contributed by atoms with E-state index in [2.05, 4.69) is 10.6 Å². The zero-order valence-electron chi connectivity index (χ0n) is 10.3. The van der Waals surface area contributed by atoms with Crippen LogP contribution in [0.25, 0.3) is 0 Å². The van der Waals surface area contributed by atoms with Crippen molar-refractivity contribution in [2.75, 3.05) is 0 Å². The van der Waals surface area contributed by atoms with Crippen LogP contribution in [-0.2, 0) is 9.59 Å². The quantitative estimate of drug-likeness (QED) is 0.605. The van der Waals surface area contributed by atoms with E-state index in [1.807, 2.05) is 5.38 Å². The Hall–Kier alpha value is -2.09. The number of nitrogens with two attached hydrogens (primary N) is 1. The van der Waals surface area contributed by atoms with Crippen LogP contribution in [0, 0.1) is 0 Å². The molecule has 0 radical (unpaired) electrons. The average molecular weight is 285 g/mol. The summed E-state index contributed by atoms with van der Waals surface area (Å²) in [6.07, 6.45) is -0.0684. The highest BCUT2D eigenvalue weighted by molar-refractivity contribution is 7.10. The van der Waals surface area contributed by atoms with Crippen LogP contribution < -0.4 is 16.4 Å². The third kappa shape index (κ3) is 4.96. The monoisotopic (exact) mass is 285 g/mol. The van der Waals surface area contributed by atoms with Crippen molar-refractivity contribution in [2.45, 2.75) is 25.4 Å². The lowest BCUT2D eigenvalue weighted by Gasteiger charge is -2.17. The second-order valence-corrected chi connectivity index (χ2v) is 4.89. The first-order chi connectivity index (χ1) is 8.90. The number of hydrogen-bond acceptors (Lipinski definition) is 4. The summed E-state index contributed by atoms with van der Waals surface area (Å²) in [4.78, 5) is 34.0. The lowest BCUT2D eigenvalue weighted by molar-refractivity contribution is -0.141. The van der Waals surface area contributed by atoms with Crippen LogP contribution in [0.3, 0.4) is 0 Å². The molecule has 7 nitrogen and oxygen atoms in total. The average Bonchev–Trinajstić information content (AvgIpc) is 2.80. The van der Waals surface area contributed by atoms with Crippen molar-refractivity contribution < 1.29 is 19.5 Å². The van der Waals surface area contributed by atoms with E-state index in [0.717, 1.165) is 4.88 Å². The lowest BCUT2D eigenvalue weighted by Crippen LogP contribution is -2.41. The van der Waals surface area contributed by atoms with Crippen molar-refractivity contribution >= 4 is 29.2 Å². The van der Waals surface area contributed by atoms with Gasteiger partial charge in [-0.05, 0) is 18.4 Å². The fourth-order valence-electron chi connectivity index (χ4n) is 1.43. The van der Waals surface area contributed by atoms with E-state index < -0.39 is 30.0 Å². The van der Waals surface area contributed by atoms with Crippen LogP contribution in [0.1, 0.15) is 24.3 Å². The SMILES string of the molecule is CC(NC(=O)CC(NC(N)=O)c1cccs1)C(=O)O. The Morgan fingerprint density at radius 2 is 2.11 bits per heavy atom. The number of thiophene rings is 1. The Morgan fingerprint density at radius 1 is 1.42 bits per heavy atom. The number of nitrogens with one attached hydrogen (secondary N) is 2. The summed E-state index contributed by atoms with van der Waals surface area (Å²) in [6, 6.07) is 1.27. The molecule has 1 aromatic rings. The molecule has 1 aromatic heterocycles. The number of hydrogen-bond donors (Lipinski definition) is 4. The normalized spacial score (nSPS) is 13.3. The van der Waals surface area contributed by atoms with Crippen LogP contribution in [0.2, 0.25) is 0 Å². The highest BCUT2D eigenvalue weighted by atomic mass is 32.1. The largest absolute Gasteiger partial charge is 0.480 e. The molecule has 0 bridgehead atoms. The Bertz CT molecular complexity index is 461. The predicted molar refractivity (Wildman–Crippen MR) is 69.6 cm³/mol. The number of carboxylic acids is 1. The van der Waals surface area contributed by atoms with Crippen LogP contribution in [0.4, 0.5) is 4.79 Å². The number of primary amides is 1. The summed E-state index contributed by atoms with van der Waals surface area (Å²) in [7, 11) is 0. The highest BCUT2D eigenvalue weighted by Crippen LogP contribution is 2.21. The number of carbonyl (C=O) groups excluding carboxylic acids is 2. The van der Waals surface area contributed by atoms with Gasteiger partial charge in [0.25, 0.3) is 0 Å². The van der Waals surface area contributed by atoms with Crippen molar-refractivity contribution in [1.29, 1.82) is 0 Å². The fraction of sp³-hybridized carbons (Fsp3) is 0.364. The Morgan fingerprint density at radius 3 is 2.58 bits per heavy atom. The van der Waals surface area contributed by atoms with Gasteiger partial charge in [0.1, 0.15) is 6.04 Å². The molecule has 5 N–H and O–H groups in total. The molecule has 0 aliphatic rings. The van der Waals surface area contributed by atoms with Gasteiger partial charge in [-0.2, -0.15) is 0 Å². The van der Waals surface area contributed by atoms with Gasteiger partial charge in [-0.1, -0.05) is 6.07 Å². The molecule has 3 amide bonds. The summed E-state index contributed by atoms with van der Waals surface area (Å²) in [5, 5.41) is 15.3. The lowest BCUT2D eigenvalue weighted by atomic mass is 10.1. The van der Waals surface area contributed by atoms with Crippen LogP contribution in [0.15, 0.2) is 17.5 Å². The molecule has 104 valence electrons. The van der Waals surface area contributed by atoms with Gasteiger partial charge >= 0.3 is 12.0 Å². The fourth-order valence-corrected chi connectivity index (χ4v) is 2.21. The third-order valence-corrected chi connectivity index (χ3v) is 3.33. The number of carboxylic acid groups (broad SMARTS) is 1. The Balaban J connectivity index is 2.65. The first kappa shape index (κ1) is 15.0. The number of carbonyl (C=O) groups is 3. The maximum absolute atomic E-state index is 11.7. The summed E-state index contributed by atoms with van der Waals surface area (Å²) in [5.74, 6) is -1.59. The summed E-state index contributed by atoms with van der Waals surface area (Å²) in [5.41, 5.74) is 5.05. The van der Waals surface area contributed by atoms with Gasteiger partial charge in [-0.25, -0.2) is 4.79 Å². The molecule has 0 saturated carbocycles. The second kappa shape index (κ2) is 6.74.